The zero-order valence-corrected chi connectivity index (χ0v) is 11.5. The molecule has 2 aromatic rings. The van der Waals surface area contributed by atoms with E-state index in [1.165, 1.54) is 6.07 Å². The molecular formula is C15H15F3N2O. The third kappa shape index (κ3) is 2.33. The summed E-state index contributed by atoms with van der Waals surface area (Å²) < 4.78 is 39.7. The van der Waals surface area contributed by atoms with Gasteiger partial charge in [-0.15, -0.1) is 0 Å². The van der Waals surface area contributed by atoms with E-state index >= 15 is 0 Å². The van der Waals surface area contributed by atoms with Gasteiger partial charge >= 0.3 is 0 Å². The van der Waals surface area contributed by atoms with Gasteiger partial charge in [-0.3, -0.25) is 0 Å². The first-order valence-corrected chi connectivity index (χ1v) is 6.72. The second-order valence-corrected chi connectivity index (χ2v) is 5.49. The number of hydrogen-bond acceptors (Lipinski definition) is 3. The quantitative estimate of drug-likeness (QED) is 0.925. The van der Waals surface area contributed by atoms with Crippen LogP contribution in [-0.2, 0) is 0 Å². The third-order valence-corrected chi connectivity index (χ3v) is 3.92. The number of alkyl halides is 2. The minimum Gasteiger partial charge on any atom is -0.382 e. The summed E-state index contributed by atoms with van der Waals surface area (Å²) in [6.45, 7) is 1.86. The van der Waals surface area contributed by atoms with Crippen LogP contribution < -0.4 is 4.90 Å². The zero-order valence-electron chi connectivity index (χ0n) is 11.5. The van der Waals surface area contributed by atoms with Crippen LogP contribution in [0, 0.1) is 12.7 Å². The Bertz CT molecular complexity index is 692. The number of para-hydroxylation sites is 1. The molecule has 3 nitrogen and oxygen atoms in total. The van der Waals surface area contributed by atoms with Gasteiger partial charge in [-0.2, -0.15) is 0 Å². The van der Waals surface area contributed by atoms with Crippen LogP contribution in [0.25, 0.3) is 10.9 Å². The summed E-state index contributed by atoms with van der Waals surface area (Å²) in [6.07, 6.45) is -2.81. The normalized spacial score (nSPS) is 22.5. The monoisotopic (exact) mass is 296 g/mol. The molecule has 1 unspecified atom stereocenters. The number of aryl methyl sites for hydroxylation is 1. The number of halogens is 3. The molecule has 1 atom stereocenters. The highest BCUT2D eigenvalue weighted by Gasteiger charge is 2.44. The molecular weight excluding hydrogens is 281 g/mol. The van der Waals surface area contributed by atoms with E-state index in [9.17, 15) is 18.3 Å². The Morgan fingerprint density at radius 1 is 1.38 bits per heavy atom. The van der Waals surface area contributed by atoms with Crippen molar-refractivity contribution >= 4 is 16.6 Å². The van der Waals surface area contributed by atoms with Crippen LogP contribution in [0.5, 0.6) is 0 Å². The molecule has 112 valence electrons. The van der Waals surface area contributed by atoms with E-state index < -0.39 is 17.8 Å². The number of nitrogens with zero attached hydrogens (tertiary/aromatic N) is 2. The van der Waals surface area contributed by atoms with E-state index in [2.05, 4.69) is 4.98 Å². The number of hydrogen-bond donors (Lipinski definition) is 1. The van der Waals surface area contributed by atoms with Crippen molar-refractivity contribution in [2.24, 2.45) is 0 Å². The van der Waals surface area contributed by atoms with E-state index in [4.69, 9.17) is 0 Å². The van der Waals surface area contributed by atoms with Crippen LogP contribution in [0.3, 0.4) is 0 Å². The smallest absolute Gasteiger partial charge is 0.268 e. The van der Waals surface area contributed by atoms with Crippen molar-refractivity contribution < 1.29 is 18.3 Å². The summed E-state index contributed by atoms with van der Waals surface area (Å²) in [6, 6.07) is 6.32. The Balaban J connectivity index is 2.08. The molecule has 0 spiro atoms. The second-order valence-electron chi connectivity index (χ2n) is 5.49. The first kappa shape index (κ1) is 14.1. The summed E-state index contributed by atoms with van der Waals surface area (Å²) in [5.74, 6) is -0.444. The third-order valence-electron chi connectivity index (χ3n) is 3.92. The number of aromatic nitrogens is 1. The average Bonchev–Trinajstić information content (AvgIpc) is 2.83. The lowest BCUT2D eigenvalue weighted by molar-refractivity contribution is -0.0800. The number of aliphatic hydroxyl groups is 1. The number of anilines is 1. The van der Waals surface area contributed by atoms with Crippen LogP contribution in [0.15, 0.2) is 24.3 Å². The van der Waals surface area contributed by atoms with Crippen molar-refractivity contribution in [3.8, 4) is 0 Å². The Kier molecular flexibility index (Phi) is 3.28. The minimum atomic E-state index is -2.80. The molecule has 1 fully saturated rings. The molecule has 1 aromatic carbocycles. The molecule has 6 heteroatoms. The highest BCUT2D eigenvalue weighted by molar-refractivity contribution is 5.92. The zero-order chi connectivity index (χ0) is 15.2. The molecule has 0 aliphatic carbocycles. The topological polar surface area (TPSA) is 36.4 Å². The van der Waals surface area contributed by atoms with E-state index in [1.807, 2.05) is 0 Å². The molecule has 0 bridgehead atoms. The maximum absolute atomic E-state index is 13.9. The molecule has 21 heavy (non-hydrogen) atoms. The number of pyridine rings is 1. The molecule has 0 saturated carbocycles. The van der Waals surface area contributed by atoms with Gasteiger partial charge in [0.05, 0.1) is 6.54 Å². The molecule has 3 rings (SSSR count). The maximum atomic E-state index is 13.9. The Morgan fingerprint density at radius 3 is 2.81 bits per heavy atom. The van der Waals surface area contributed by atoms with Crippen LogP contribution in [0.2, 0.25) is 0 Å². The van der Waals surface area contributed by atoms with Gasteiger partial charge in [-0.25, -0.2) is 18.2 Å². The van der Waals surface area contributed by atoms with E-state index in [0.717, 1.165) is 0 Å². The number of benzene rings is 1. The fraction of sp³-hybridized carbons (Fsp3) is 0.400. The Labute approximate surface area is 120 Å². The first-order chi connectivity index (χ1) is 9.90. The molecule has 0 amide bonds. The molecule has 1 aliphatic heterocycles. The molecule has 0 radical (unpaired) electrons. The molecule has 1 N–H and O–H groups in total. The summed E-state index contributed by atoms with van der Waals surface area (Å²) in [5.41, 5.74) is -0.541. The van der Waals surface area contributed by atoms with Gasteiger partial charge in [0.25, 0.3) is 6.43 Å². The molecule has 2 heterocycles. The predicted molar refractivity (Wildman–Crippen MR) is 74.2 cm³/mol. The lowest BCUT2D eigenvalue weighted by Crippen LogP contribution is -2.40. The van der Waals surface area contributed by atoms with E-state index in [0.29, 0.717) is 23.3 Å². The number of β-amino-alcohol motifs (C(OH)–C–C–N with tert-alkyl or cyclic N) is 1. The maximum Gasteiger partial charge on any atom is 0.268 e. The molecule has 1 aromatic heterocycles. The molecule has 1 saturated heterocycles. The minimum absolute atomic E-state index is 0.0111. The summed E-state index contributed by atoms with van der Waals surface area (Å²) in [4.78, 5) is 5.84. The van der Waals surface area contributed by atoms with Crippen molar-refractivity contribution in [3.63, 3.8) is 0 Å². The van der Waals surface area contributed by atoms with Crippen molar-refractivity contribution in [1.82, 2.24) is 4.98 Å². The van der Waals surface area contributed by atoms with Gasteiger partial charge in [0.1, 0.15) is 16.9 Å². The highest BCUT2D eigenvalue weighted by atomic mass is 19.3. The van der Waals surface area contributed by atoms with Crippen molar-refractivity contribution in [1.29, 1.82) is 0 Å². The van der Waals surface area contributed by atoms with Crippen LogP contribution in [-0.4, -0.2) is 35.2 Å². The van der Waals surface area contributed by atoms with Crippen molar-refractivity contribution in [2.45, 2.75) is 25.4 Å². The average molecular weight is 296 g/mol. The van der Waals surface area contributed by atoms with Crippen LogP contribution in [0.4, 0.5) is 18.9 Å². The largest absolute Gasteiger partial charge is 0.382 e. The molecule has 1 aliphatic rings. The van der Waals surface area contributed by atoms with Crippen LogP contribution in [0.1, 0.15) is 12.1 Å². The Hall–Kier alpha value is -1.82. The number of rotatable bonds is 2. The lowest BCUT2D eigenvalue weighted by atomic mass is 10.1. The highest BCUT2D eigenvalue weighted by Crippen LogP contribution is 2.35. The van der Waals surface area contributed by atoms with E-state index in [1.54, 1.807) is 30.0 Å². The van der Waals surface area contributed by atoms with Gasteiger partial charge in [-0.1, -0.05) is 12.1 Å². The van der Waals surface area contributed by atoms with Crippen molar-refractivity contribution in [3.05, 3.63) is 35.8 Å². The van der Waals surface area contributed by atoms with Gasteiger partial charge in [-0.05, 0) is 19.1 Å². The Morgan fingerprint density at radius 2 is 2.14 bits per heavy atom. The SMILES string of the molecule is Cc1cc(N2CCC(O)(C(F)F)C2)c2cccc(F)c2n1. The number of fused-ring (bicyclic) bond motifs is 1. The second kappa shape index (κ2) is 4.87. The van der Waals surface area contributed by atoms with Crippen LogP contribution >= 0.6 is 0 Å². The van der Waals surface area contributed by atoms with E-state index in [-0.39, 0.29) is 18.5 Å². The van der Waals surface area contributed by atoms with Gasteiger partial charge in [0.15, 0.2) is 0 Å². The van der Waals surface area contributed by atoms with Crippen molar-refractivity contribution in [2.75, 3.05) is 18.0 Å². The fourth-order valence-electron chi connectivity index (χ4n) is 2.78. The standard InChI is InChI=1S/C15H15F3N2O/c1-9-7-12(10-3-2-4-11(16)13(10)19-9)20-6-5-15(21,8-20)14(17)18/h2-4,7,14,21H,5-6,8H2,1H3. The first-order valence-electron chi connectivity index (χ1n) is 6.72. The predicted octanol–water partition coefficient (Wildman–Crippen LogP) is 2.89. The van der Waals surface area contributed by atoms with Gasteiger partial charge < -0.3 is 10.0 Å². The van der Waals surface area contributed by atoms with Gasteiger partial charge in [0, 0.05) is 29.7 Å². The fourth-order valence-corrected chi connectivity index (χ4v) is 2.78. The summed E-state index contributed by atoms with van der Waals surface area (Å²) >= 11 is 0. The summed E-state index contributed by atoms with van der Waals surface area (Å²) in [7, 11) is 0. The lowest BCUT2D eigenvalue weighted by Gasteiger charge is -2.24. The summed E-state index contributed by atoms with van der Waals surface area (Å²) in [5, 5.41) is 10.5. The van der Waals surface area contributed by atoms with Gasteiger partial charge in [0.2, 0.25) is 0 Å².